The maximum atomic E-state index is 13.4. The van der Waals surface area contributed by atoms with Crippen LogP contribution in [0.1, 0.15) is 26.5 Å². The third kappa shape index (κ3) is 4.46. The molecule has 3 aromatic rings. The molecule has 3 aromatic heterocycles. The van der Waals surface area contributed by atoms with E-state index in [9.17, 15) is 9.59 Å². The number of nitrogens with zero attached hydrogens (tertiary/aromatic N) is 6. The van der Waals surface area contributed by atoms with Crippen LogP contribution < -0.4 is 27.6 Å². The second-order valence-electron chi connectivity index (χ2n) is 8.26. The maximum Gasteiger partial charge on any atom is 0.332 e. The van der Waals surface area contributed by atoms with Crippen molar-refractivity contribution in [2.45, 2.75) is 39.4 Å². The molecule has 0 aromatic carbocycles. The summed E-state index contributed by atoms with van der Waals surface area (Å²) in [7, 11) is 3.44. The molecule has 0 unspecified atom stereocenters. The number of hydrogen-bond donors (Lipinski definition) is 2. The Kier molecular flexibility index (Phi) is 5.90. The Morgan fingerprint density at radius 2 is 1.94 bits per heavy atom. The summed E-state index contributed by atoms with van der Waals surface area (Å²) in [5.74, 6) is 6.36. The Morgan fingerprint density at radius 3 is 2.52 bits per heavy atom. The molecule has 0 spiro atoms. The van der Waals surface area contributed by atoms with E-state index in [0.717, 1.165) is 4.57 Å². The lowest BCUT2D eigenvalue weighted by Gasteiger charge is -2.27. The molecule has 0 aliphatic heterocycles. The highest BCUT2D eigenvalue weighted by Gasteiger charge is 2.24. The largest absolute Gasteiger partial charge is 0.397 e. The van der Waals surface area contributed by atoms with Crippen LogP contribution in [0, 0.1) is 11.8 Å². The van der Waals surface area contributed by atoms with Crippen LogP contribution in [0.5, 0.6) is 0 Å². The van der Waals surface area contributed by atoms with E-state index in [1.165, 1.54) is 10.8 Å². The molecule has 3 rings (SSSR count). The minimum absolute atomic E-state index is 0.0212. The second kappa shape index (κ2) is 8.28. The number of rotatable bonds is 6. The Hall–Kier alpha value is -3.58. The first-order valence-electron chi connectivity index (χ1n) is 9.83. The number of pyridine rings is 1. The molecule has 0 aliphatic rings. The van der Waals surface area contributed by atoms with Gasteiger partial charge in [0, 0.05) is 26.2 Å². The van der Waals surface area contributed by atoms with Crippen molar-refractivity contribution in [3.8, 4) is 11.8 Å². The summed E-state index contributed by atoms with van der Waals surface area (Å²) < 4.78 is 4.25. The SMILES string of the molecule is CC#CCn1c(N(C)CC(C)(C)N)nc2c1c(=O)n(Cc1ccc(N)cn1)c(=O)n2C. The number of hydrogen-bond acceptors (Lipinski definition) is 7. The van der Waals surface area contributed by atoms with Crippen LogP contribution in [-0.2, 0) is 20.1 Å². The predicted molar refractivity (Wildman–Crippen MR) is 122 cm³/mol. The van der Waals surface area contributed by atoms with Gasteiger partial charge in [-0.25, -0.2) is 4.79 Å². The zero-order valence-corrected chi connectivity index (χ0v) is 18.5. The fourth-order valence-corrected chi connectivity index (χ4v) is 3.47. The number of likely N-dealkylation sites (N-methyl/N-ethyl adjacent to an activating group) is 1. The Labute approximate surface area is 180 Å². The van der Waals surface area contributed by atoms with Gasteiger partial charge in [-0.3, -0.25) is 23.5 Å². The lowest BCUT2D eigenvalue weighted by Crippen LogP contribution is -2.44. The van der Waals surface area contributed by atoms with Crippen LogP contribution in [-0.4, -0.2) is 42.8 Å². The normalized spacial score (nSPS) is 11.4. The number of fused-ring (bicyclic) bond motifs is 1. The first-order chi connectivity index (χ1) is 14.5. The molecule has 3 heterocycles. The maximum absolute atomic E-state index is 13.4. The molecule has 164 valence electrons. The molecule has 4 N–H and O–H groups in total. The number of aryl methyl sites for hydroxylation is 1. The first kappa shape index (κ1) is 22.1. The zero-order chi connectivity index (χ0) is 22.9. The van der Waals surface area contributed by atoms with Gasteiger partial charge in [0.25, 0.3) is 5.56 Å². The van der Waals surface area contributed by atoms with Crippen LogP contribution in [0.2, 0.25) is 0 Å². The minimum atomic E-state index is -0.485. The van der Waals surface area contributed by atoms with E-state index in [4.69, 9.17) is 11.5 Å². The van der Waals surface area contributed by atoms with Crippen molar-refractivity contribution in [2.75, 3.05) is 24.2 Å². The third-order valence-electron chi connectivity index (χ3n) is 4.78. The molecule has 0 saturated carbocycles. The summed E-state index contributed by atoms with van der Waals surface area (Å²) in [6.07, 6.45) is 1.49. The van der Waals surface area contributed by atoms with E-state index >= 15 is 0 Å². The molecule has 0 radical (unpaired) electrons. The molecule has 0 saturated heterocycles. The van der Waals surface area contributed by atoms with Crippen molar-refractivity contribution >= 4 is 22.8 Å². The molecular weight excluding hydrogens is 396 g/mol. The summed E-state index contributed by atoms with van der Waals surface area (Å²) in [4.78, 5) is 37.1. The summed E-state index contributed by atoms with van der Waals surface area (Å²) in [5.41, 5.74) is 12.1. The van der Waals surface area contributed by atoms with Crippen LogP contribution in [0.3, 0.4) is 0 Å². The smallest absolute Gasteiger partial charge is 0.332 e. The second-order valence-corrected chi connectivity index (χ2v) is 8.26. The zero-order valence-electron chi connectivity index (χ0n) is 18.5. The molecule has 10 heteroatoms. The predicted octanol–water partition coefficient (Wildman–Crippen LogP) is 0.119. The van der Waals surface area contributed by atoms with E-state index in [0.29, 0.717) is 35.0 Å². The van der Waals surface area contributed by atoms with Gasteiger partial charge in [0.2, 0.25) is 5.95 Å². The molecule has 0 aliphatic carbocycles. The van der Waals surface area contributed by atoms with Gasteiger partial charge in [0.05, 0.1) is 30.7 Å². The summed E-state index contributed by atoms with van der Waals surface area (Å²) >= 11 is 0. The van der Waals surface area contributed by atoms with Gasteiger partial charge in [-0.2, -0.15) is 4.98 Å². The highest BCUT2D eigenvalue weighted by atomic mass is 16.2. The number of nitrogen functional groups attached to an aromatic ring is 1. The van der Waals surface area contributed by atoms with E-state index < -0.39 is 16.8 Å². The van der Waals surface area contributed by atoms with E-state index in [1.807, 2.05) is 25.8 Å². The highest BCUT2D eigenvalue weighted by molar-refractivity contribution is 5.74. The first-order valence-corrected chi connectivity index (χ1v) is 9.83. The van der Waals surface area contributed by atoms with E-state index in [2.05, 4.69) is 21.8 Å². The van der Waals surface area contributed by atoms with Crippen molar-refractivity contribution in [3.63, 3.8) is 0 Å². The summed E-state index contributed by atoms with van der Waals surface area (Å²) in [6, 6.07) is 3.37. The van der Waals surface area contributed by atoms with Gasteiger partial charge in [0.15, 0.2) is 11.2 Å². The molecular formula is C21H28N8O2. The van der Waals surface area contributed by atoms with Gasteiger partial charge in [0.1, 0.15) is 0 Å². The van der Waals surface area contributed by atoms with Gasteiger partial charge in [-0.15, -0.1) is 5.92 Å². The number of anilines is 2. The molecule has 10 nitrogen and oxygen atoms in total. The molecule has 0 atom stereocenters. The van der Waals surface area contributed by atoms with Crippen molar-refractivity contribution in [2.24, 2.45) is 12.8 Å². The third-order valence-corrected chi connectivity index (χ3v) is 4.78. The van der Waals surface area contributed by atoms with Crippen LogP contribution in [0.4, 0.5) is 11.6 Å². The van der Waals surface area contributed by atoms with Gasteiger partial charge in [-0.05, 0) is 32.9 Å². The van der Waals surface area contributed by atoms with Crippen molar-refractivity contribution in [1.29, 1.82) is 0 Å². The number of imidazole rings is 1. The average molecular weight is 425 g/mol. The molecule has 0 bridgehead atoms. The van der Waals surface area contributed by atoms with Crippen molar-refractivity contribution in [3.05, 3.63) is 44.9 Å². The summed E-state index contributed by atoms with van der Waals surface area (Å²) in [6.45, 7) is 6.31. The van der Waals surface area contributed by atoms with Gasteiger partial charge < -0.3 is 16.4 Å². The number of nitrogens with two attached hydrogens (primary N) is 2. The standard InChI is InChI=1S/C21H28N8O2/c1-6-7-10-28-16-17(25-19(28)26(4)13-21(2,3)23)27(5)20(31)29(18(16)30)12-15-9-8-14(22)11-24-15/h8-9,11H,10,12-13,22-23H2,1-5H3. The molecule has 0 amide bonds. The van der Waals surface area contributed by atoms with Crippen LogP contribution in [0.15, 0.2) is 27.9 Å². The lowest BCUT2D eigenvalue weighted by atomic mass is 10.1. The Balaban J connectivity index is 2.25. The van der Waals surface area contributed by atoms with Crippen LogP contribution >= 0.6 is 0 Å². The fraction of sp³-hybridized carbons (Fsp3) is 0.429. The Bertz CT molecular complexity index is 1280. The number of aromatic nitrogens is 5. The van der Waals surface area contributed by atoms with Crippen molar-refractivity contribution in [1.82, 2.24) is 23.7 Å². The van der Waals surface area contributed by atoms with Crippen molar-refractivity contribution < 1.29 is 0 Å². The van der Waals surface area contributed by atoms with E-state index in [-0.39, 0.29) is 13.1 Å². The monoisotopic (exact) mass is 424 g/mol. The van der Waals surface area contributed by atoms with Gasteiger partial charge in [-0.1, -0.05) is 5.92 Å². The molecule has 31 heavy (non-hydrogen) atoms. The topological polar surface area (TPSA) is 130 Å². The summed E-state index contributed by atoms with van der Waals surface area (Å²) in [5, 5.41) is 0. The average Bonchev–Trinajstić information content (AvgIpc) is 3.08. The quantitative estimate of drug-likeness (QED) is 0.538. The lowest BCUT2D eigenvalue weighted by molar-refractivity contribution is 0.512. The van der Waals surface area contributed by atoms with Gasteiger partial charge >= 0.3 is 5.69 Å². The fourth-order valence-electron chi connectivity index (χ4n) is 3.47. The minimum Gasteiger partial charge on any atom is -0.397 e. The Morgan fingerprint density at radius 1 is 1.23 bits per heavy atom. The van der Waals surface area contributed by atoms with E-state index in [1.54, 1.807) is 30.7 Å². The molecule has 0 fully saturated rings. The highest BCUT2D eigenvalue weighted by Crippen LogP contribution is 2.20. The van der Waals surface area contributed by atoms with Crippen LogP contribution in [0.25, 0.3) is 11.2 Å².